The van der Waals surface area contributed by atoms with Gasteiger partial charge in [0.25, 0.3) is 0 Å². The molecule has 0 aliphatic heterocycles. The predicted octanol–water partition coefficient (Wildman–Crippen LogP) is 2.71. The fraction of sp³-hybridized carbons (Fsp3) is 0.786. The zero-order valence-electron chi connectivity index (χ0n) is 11.7. The highest BCUT2D eigenvalue weighted by atomic mass is 16.1. The fourth-order valence-electron chi connectivity index (χ4n) is 1.79. The minimum Gasteiger partial charge on any atom is -0.366 e. The second kappa shape index (κ2) is 10.3. The molecule has 0 aromatic heterocycles. The molecule has 0 bridgehead atoms. The number of nitrogens with two attached hydrogens (primary N) is 1. The fourth-order valence-corrected chi connectivity index (χ4v) is 1.79. The predicted molar refractivity (Wildman–Crippen MR) is 73.8 cm³/mol. The first-order valence-electron chi connectivity index (χ1n) is 6.80. The van der Waals surface area contributed by atoms with Gasteiger partial charge >= 0.3 is 0 Å². The van der Waals surface area contributed by atoms with Gasteiger partial charge in [0.05, 0.1) is 0 Å². The smallest absolute Gasteiger partial charge is 0.244 e. The van der Waals surface area contributed by atoms with Gasteiger partial charge in [-0.3, -0.25) is 4.79 Å². The third-order valence-corrected chi connectivity index (χ3v) is 3.16. The maximum absolute atomic E-state index is 10.8. The maximum Gasteiger partial charge on any atom is 0.244 e. The van der Waals surface area contributed by atoms with Gasteiger partial charge in [0.1, 0.15) is 0 Å². The number of carbonyl (C=O) groups is 1. The third kappa shape index (κ3) is 8.93. The average Bonchev–Trinajstić information content (AvgIpc) is 2.32. The van der Waals surface area contributed by atoms with Crippen molar-refractivity contribution in [2.75, 3.05) is 19.6 Å². The first-order chi connectivity index (χ1) is 8.11. The van der Waals surface area contributed by atoms with Crippen LogP contribution in [0.15, 0.2) is 11.6 Å². The molecule has 0 atom stereocenters. The van der Waals surface area contributed by atoms with Crippen LogP contribution < -0.4 is 5.73 Å². The van der Waals surface area contributed by atoms with Gasteiger partial charge in [0.15, 0.2) is 0 Å². The SMILES string of the molecule is CCN(CC)CCCCCCC=C(C)C(N)=O. The molecule has 0 aliphatic rings. The van der Waals surface area contributed by atoms with Crippen molar-refractivity contribution in [3.8, 4) is 0 Å². The van der Waals surface area contributed by atoms with Crippen molar-refractivity contribution >= 4 is 5.91 Å². The Morgan fingerprint density at radius 1 is 1.12 bits per heavy atom. The van der Waals surface area contributed by atoms with Gasteiger partial charge in [-0.2, -0.15) is 0 Å². The summed E-state index contributed by atoms with van der Waals surface area (Å²) in [6.45, 7) is 9.71. The highest BCUT2D eigenvalue weighted by Gasteiger charge is 1.98. The van der Waals surface area contributed by atoms with Crippen LogP contribution in [-0.2, 0) is 4.79 Å². The first-order valence-corrected chi connectivity index (χ1v) is 6.80. The molecular formula is C14H28N2O. The van der Waals surface area contributed by atoms with E-state index in [1.165, 1.54) is 25.8 Å². The van der Waals surface area contributed by atoms with Gasteiger partial charge in [0.2, 0.25) is 5.91 Å². The molecule has 3 nitrogen and oxygen atoms in total. The molecule has 0 rings (SSSR count). The molecule has 0 radical (unpaired) electrons. The molecule has 2 N–H and O–H groups in total. The molecule has 0 saturated heterocycles. The lowest BCUT2D eigenvalue weighted by Gasteiger charge is -2.17. The standard InChI is InChI=1S/C14H28N2O/c1-4-16(5-2)12-10-8-6-7-9-11-13(3)14(15)17/h11H,4-10,12H2,1-3H3,(H2,15,17). The quantitative estimate of drug-likeness (QED) is 0.471. The highest BCUT2D eigenvalue weighted by molar-refractivity contribution is 5.91. The lowest BCUT2D eigenvalue weighted by molar-refractivity contribution is -0.114. The number of carbonyl (C=O) groups excluding carboxylic acids is 1. The molecule has 3 heteroatoms. The Hall–Kier alpha value is -0.830. The second-order valence-corrected chi connectivity index (χ2v) is 4.48. The number of nitrogens with zero attached hydrogens (tertiary/aromatic N) is 1. The summed E-state index contributed by atoms with van der Waals surface area (Å²) in [6.07, 6.45) is 7.87. The van der Waals surface area contributed by atoms with E-state index in [1.807, 2.05) is 6.08 Å². The Balaban J connectivity index is 3.41. The number of rotatable bonds is 10. The van der Waals surface area contributed by atoms with E-state index >= 15 is 0 Å². The minimum absolute atomic E-state index is 0.300. The van der Waals surface area contributed by atoms with Crippen LogP contribution in [0.4, 0.5) is 0 Å². The van der Waals surface area contributed by atoms with Gasteiger partial charge in [-0.15, -0.1) is 0 Å². The topological polar surface area (TPSA) is 46.3 Å². The normalized spacial score (nSPS) is 12.1. The summed E-state index contributed by atoms with van der Waals surface area (Å²) in [7, 11) is 0. The largest absolute Gasteiger partial charge is 0.366 e. The summed E-state index contributed by atoms with van der Waals surface area (Å²) in [5.74, 6) is -0.300. The third-order valence-electron chi connectivity index (χ3n) is 3.16. The maximum atomic E-state index is 10.8. The van der Waals surface area contributed by atoms with Crippen molar-refractivity contribution in [2.24, 2.45) is 5.73 Å². The summed E-state index contributed by atoms with van der Waals surface area (Å²) in [5, 5.41) is 0. The Bertz CT molecular complexity index is 232. The van der Waals surface area contributed by atoms with Crippen LogP contribution in [-0.4, -0.2) is 30.4 Å². The molecule has 0 heterocycles. The number of unbranched alkanes of at least 4 members (excludes halogenated alkanes) is 4. The second-order valence-electron chi connectivity index (χ2n) is 4.48. The zero-order valence-corrected chi connectivity index (χ0v) is 11.7. The van der Waals surface area contributed by atoms with Crippen LogP contribution in [0.3, 0.4) is 0 Å². The van der Waals surface area contributed by atoms with E-state index < -0.39 is 0 Å². The monoisotopic (exact) mass is 240 g/mol. The number of hydrogen-bond donors (Lipinski definition) is 1. The van der Waals surface area contributed by atoms with Gasteiger partial charge in [-0.05, 0) is 45.8 Å². The van der Waals surface area contributed by atoms with Crippen molar-refractivity contribution in [1.29, 1.82) is 0 Å². The molecule has 0 aromatic carbocycles. The molecule has 1 amide bonds. The number of amides is 1. The molecule has 0 aliphatic carbocycles. The number of primary amides is 1. The zero-order chi connectivity index (χ0) is 13.1. The number of hydrogen-bond acceptors (Lipinski definition) is 2. The molecular weight excluding hydrogens is 212 g/mol. The average molecular weight is 240 g/mol. The minimum atomic E-state index is -0.300. The van der Waals surface area contributed by atoms with Crippen LogP contribution in [0.25, 0.3) is 0 Å². The Morgan fingerprint density at radius 2 is 1.71 bits per heavy atom. The Morgan fingerprint density at radius 3 is 2.24 bits per heavy atom. The van der Waals surface area contributed by atoms with E-state index in [1.54, 1.807) is 6.92 Å². The van der Waals surface area contributed by atoms with Crippen molar-refractivity contribution in [1.82, 2.24) is 4.90 Å². The van der Waals surface area contributed by atoms with E-state index in [0.29, 0.717) is 5.57 Å². The number of allylic oxidation sites excluding steroid dienone is 1. The van der Waals surface area contributed by atoms with Crippen LogP contribution in [0, 0.1) is 0 Å². The summed E-state index contributed by atoms with van der Waals surface area (Å²) >= 11 is 0. The van der Waals surface area contributed by atoms with Gasteiger partial charge in [-0.1, -0.05) is 32.8 Å². The van der Waals surface area contributed by atoms with Crippen LogP contribution in [0.1, 0.15) is 52.9 Å². The van der Waals surface area contributed by atoms with Gasteiger partial charge in [-0.25, -0.2) is 0 Å². The Labute approximate surface area is 106 Å². The van der Waals surface area contributed by atoms with E-state index in [9.17, 15) is 4.79 Å². The van der Waals surface area contributed by atoms with Crippen molar-refractivity contribution in [3.63, 3.8) is 0 Å². The first kappa shape index (κ1) is 16.2. The van der Waals surface area contributed by atoms with E-state index in [-0.39, 0.29) is 5.91 Å². The van der Waals surface area contributed by atoms with Crippen molar-refractivity contribution in [2.45, 2.75) is 52.9 Å². The van der Waals surface area contributed by atoms with Crippen molar-refractivity contribution < 1.29 is 4.79 Å². The van der Waals surface area contributed by atoms with Crippen LogP contribution >= 0.6 is 0 Å². The summed E-state index contributed by atoms with van der Waals surface area (Å²) in [5.41, 5.74) is 5.84. The van der Waals surface area contributed by atoms with Crippen molar-refractivity contribution in [3.05, 3.63) is 11.6 Å². The summed E-state index contributed by atoms with van der Waals surface area (Å²) < 4.78 is 0. The lowest BCUT2D eigenvalue weighted by Crippen LogP contribution is -2.23. The Kier molecular flexibility index (Phi) is 9.83. The molecule has 0 fully saturated rings. The van der Waals surface area contributed by atoms with Gasteiger partial charge in [0, 0.05) is 5.57 Å². The van der Waals surface area contributed by atoms with E-state index in [2.05, 4.69) is 18.7 Å². The van der Waals surface area contributed by atoms with Crippen LogP contribution in [0.5, 0.6) is 0 Å². The lowest BCUT2D eigenvalue weighted by atomic mass is 10.1. The highest BCUT2D eigenvalue weighted by Crippen LogP contribution is 2.06. The van der Waals surface area contributed by atoms with E-state index in [4.69, 9.17) is 5.73 Å². The summed E-state index contributed by atoms with van der Waals surface area (Å²) in [6, 6.07) is 0. The molecule has 0 aromatic rings. The molecule has 0 unspecified atom stereocenters. The molecule has 17 heavy (non-hydrogen) atoms. The molecule has 100 valence electrons. The van der Waals surface area contributed by atoms with Crippen LogP contribution in [0.2, 0.25) is 0 Å². The van der Waals surface area contributed by atoms with Gasteiger partial charge < -0.3 is 10.6 Å². The summed E-state index contributed by atoms with van der Waals surface area (Å²) in [4.78, 5) is 13.2. The molecule has 0 saturated carbocycles. The molecule has 0 spiro atoms. The van der Waals surface area contributed by atoms with E-state index in [0.717, 1.165) is 25.9 Å².